The first-order chi connectivity index (χ1) is 9.66. The van der Waals surface area contributed by atoms with E-state index in [1.54, 1.807) is 0 Å². The molecule has 1 N–H and O–H groups in total. The Hall–Kier alpha value is -1.80. The van der Waals surface area contributed by atoms with Crippen molar-refractivity contribution in [3.05, 3.63) is 65.7 Å². The third-order valence-electron chi connectivity index (χ3n) is 4.07. The van der Waals surface area contributed by atoms with E-state index in [-0.39, 0.29) is 0 Å². The monoisotopic (exact) mass is 268 g/mol. The highest BCUT2D eigenvalue weighted by Gasteiger charge is 2.49. The standard InChI is InChI=1S/C18H20O2/c1-14-11-18(14,19)12-16-8-5-9-17(10-16)20-13-15-6-3-2-4-7-15/h2-10,14,19H,11-13H2,1H3. The second-order valence-corrected chi connectivity index (χ2v) is 5.81. The zero-order valence-corrected chi connectivity index (χ0v) is 11.8. The average Bonchev–Trinajstić information content (AvgIpc) is 3.04. The van der Waals surface area contributed by atoms with Gasteiger partial charge in [0.15, 0.2) is 0 Å². The van der Waals surface area contributed by atoms with Gasteiger partial charge in [-0.2, -0.15) is 0 Å². The maximum Gasteiger partial charge on any atom is 0.120 e. The summed E-state index contributed by atoms with van der Waals surface area (Å²) in [5, 5.41) is 10.2. The van der Waals surface area contributed by atoms with Crippen molar-refractivity contribution in [3.63, 3.8) is 0 Å². The van der Waals surface area contributed by atoms with Crippen LogP contribution in [0.5, 0.6) is 5.75 Å². The van der Waals surface area contributed by atoms with E-state index in [1.165, 1.54) is 0 Å². The topological polar surface area (TPSA) is 29.5 Å². The molecule has 0 radical (unpaired) electrons. The van der Waals surface area contributed by atoms with Crippen LogP contribution in [0, 0.1) is 5.92 Å². The Bertz CT molecular complexity index is 579. The maximum absolute atomic E-state index is 10.2. The molecule has 2 aromatic rings. The summed E-state index contributed by atoms with van der Waals surface area (Å²) < 4.78 is 5.81. The Morgan fingerprint density at radius 2 is 1.80 bits per heavy atom. The van der Waals surface area contributed by atoms with Crippen LogP contribution in [0.15, 0.2) is 54.6 Å². The Morgan fingerprint density at radius 3 is 2.50 bits per heavy atom. The van der Waals surface area contributed by atoms with E-state index in [2.05, 4.69) is 25.1 Å². The van der Waals surface area contributed by atoms with Crippen molar-refractivity contribution in [2.75, 3.05) is 0 Å². The van der Waals surface area contributed by atoms with Crippen molar-refractivity contribution >= 4 is 0 Å². The molecule has 0 amide bonds. The SMILES string of the molecule is CC1CC1(O)Cc1cccc(OCc2ccccc2)c1. The molecular formula is C18H20O2. The molecule has 0 saturated heterocycles. The van der Waals surface area contributed by atoms with Crippen LogP contribution in [0.3, 0.4) is 0 Å². The number of hydrogen-bond acceptors (Lipinski definition) is 2. The second-order valence-electron chi connectivity index (χ2n) is 5.81. The lowest BCUT2D eigenvalue weighted by atomic mass is 10.0. The van der Waals surface area contributed by atoms with E-state index in [0.29, 0.717) is 12.5 Å². The predicted octanol–water partition coefficient (Wildman–Crippen LogP) is 3.58. The number of rotatable bonds is 5. The fourth-order valence-corrected chi connectivity index (χ4v) is 2.56. The van der Waals surface area contributed by atoms with Crippen molar-refractivity contribution < 1.29 is 9.84 Å². The van der Waals surface area contributed by atoms with Gasteiger partial charge in [0.1, 0.15) is 12.4 Å². The van der Waals surface area contributed by atoms with Crippen LogP contribution in [0.4, 0.5) is 0 Å². The number of aliphatic hydroxyl groups is 1. The van der Waals surface area contributed by atoms with Gasteiger partial charge in [-0.3, -0.25) is 0 Å². The van der Waals surface area contributed by atoms with Crippen molar-refractivity contribution in [2.24, 2.45) is 5.92 Å². The highest BCUT2D eigenvalue weighted by molar-refractivity contribution is 5.31. The highest BCUT2D eigenvalue weighted by Crippen LogP contribution is 2.45. The molecule has 3 rings (SSSR count). The van der Waals surface area contributed by atoms with E-state index in [9.17, 15) is 5.11 Å². The zero-order valence-electron chi connectivity index (χ0n) is 11.8. The molecule has 2 nitrogen and oxygen atoms in total. The summed E-state index contributed by atoms with van der Waals surface area (Å²) in [6.07, 6.45) is 1.62. The molecule has 104 valence electrons. The van der Waals surface area contributed by atoms with Crippen molar-refractivity contribution in [3.8, 4) is 5.75 Å². The van der Waals surface area contributed by atoms with E-state index < -0.39 is 5.60 Å². The quantitative estimate of drug-likeness (QED) is 0.898. The first-order valence-corrected chi connectivity index (χ1v) is 7.14. The first kappa shape index (κ1) is 13.2. The molecule has 2 unspecified atom stereocenters. The summed E-state index contributed by atoms with van der Waals surface area (Å²) >= 11 is 0. The Labute approximate surface area is 120 Å². The van der Waals surface area contributed by atoms with Gasteiger partial charge in [-0.25, -0.2) is 0 Å². The van der Waals surface area contributed by atoms with E-state index >= 15 is 0 Å². The molecule has 2 heteroatoms. The van der Waals surface area contributed by atoms with Crippen LogP contribution >= 0.6 is 0 Å². The lowest BCUT2D eigenvalue weighted by molar-refractivity contribution is 0.134. The minimum atomic E-state index is -0.488. The van der Waals surface area contributed by atoms with Crippen LogP contribution in [0.2, 0.25) is 0 Å². The van der Waals surface area contributed by atoms with Crippen LogP contribution in [0.25, 0.3) is 0 Å². The molecule has 1 aliphatic rings. The Morgan fingerprint density at radius 1 is 1.10 bits per heavy atom. The third kappa shape index (κ3) is 3.02. The van der Waals surface area contributed by atoms with E-state index in [0.717, 1.165) is 29.7 Å². The largest absolute Gasteiger partial charge is 0.489 e. The van der Waals surface area contributed by atoms with Crippen LogP contribution in [-0.2, 0) is 13.0 Å². The average molecular weight is 268 g/mol. The van der Waals surface area contributed by atoms with Gasteiger partial charge >= 0.3 is 0 Å². The van der Waals surface area contributed by atoms with Gasteiger partial charge < -0.3 is 9.84 Å². The molecule has 0 aromatic heterocycles. The summed E-state index contributed by atoms with van der Waals surface area (Å²) in [6, 6.07) is 18.2. The molecule has 2 atom stereocenters. The summed E-state index contributed by atoms with van der Waals surface area (Å²) in [4.78, 5) is 0. The van der Waals surface area contributed by atoms with Gasteiger partial charge in [-0.1, -0.05) is 49.4 Å². The molecule has 1 fully saturated rings. The van der Waals surface area contributed by atoms with Gasteiger partial charge in [-0.05, 0) is 35.6 Å². The first-order valence-electron chi connectivity index (χ1n) is 7.14. The van der Waals surface area contributed by atoms with E-state index in [1.807, 2.05) is 36.4 Å². The Kier molecular flexibility index (Phi) is 3.49. The fraction of sp³-hybridized carbons (Fsp3) is 0.333. The molecule has 0 spiro atoms. The normalized spacial score (nSPS) is 24.4. The molecule has 0 aliphatic heterocycles. The van der Waals surface area contributed by atoms with Crippen molar-refractivity contribution in [2.45, 2.75) is 32.0 Å². The minimum absolute atomic E-state index is 0.413. The predicted molar refractivity (Wildman–Crippen MR) is 79.7 cm³/mol. The third-order valence-corrected chi connectivity index (χ3v) is 4.07. The van der Waals surface area contributed by atoms with Gasteiger partial charge in [0.2, 0.25) is 0 Å². The Balaban J connectivity index is 1.63. The van der Waals surface area contributed by atoms with Crippen LogP contribution in [-0.4, -0.2) is 10.7 Å². The number of benzene rings is 2. The lowest BCUT2D eigenvalue weighted by Gasteiger charge is -2.11. The van der Waals surface area contributed by atoms with Crippen LogP contribution < -0.4 is 4.74 Å². The van der Waals surface area contributed by atoms with Gasteiger partial charge in [0, 0.05) is 6.42 Å². The molecule has 20 heavy (non-hydrogen) atoms. The fourth-order valence-electron chi connectivity index (χ4n) is 2.56. The smallest absolute Gasteiger partial charge is 0.120 e. The molecule has 0 bridgehead atoms. The lowest BCUT2D eigenvalue weighted by Crippen LogP contribution is -2.13. The molecule has 0 heterocycles. The minimum Gasteiger partial charge on any atom is -0.489 e. The molecular weight excluding hydrogens is 248 g/mol. The number of hydrogen-bond donors (Lipinski definition) is 1. The molecule has 1 aliphatic carbocycles. The van der Waals surface area contributed by atoms with Gasteiger partial charge in [0.25, 0.3) is 0 Å². The summed E-state index contributed by atoms with van der Waals surface area (Å²) in [5.41, 5.74) is 1.81. The van der Waals surface area contributed by atoms with Crippen molar-refractivity contribution in [1.29, 1.82) is 0 Å². The highest BCUT2D eigenvalue weighted by atomic mass is 16.5. The van der Waals surface area contributed by atoms with Gasteiger partial charge in [-0.15, -0.1) is 0 Å². The maximum atomic E-state index is 10.2. The van der Waals surface area contributed by atoms with Crippen molar-refractivity contribution in [1.82, 2.24) is 0 Å². The molecule has 1 saturated carbocycles. The number of ether oxygens (including phenoxy) is 1. The van der Waals surface area contributed by atoms with Gasteiger partial charge in [0.05, 0.1) is 5.60 Å². The summed E-state index contributed by atoms with van der Waals surface area (Å²) in [7, 11) is 0. The van der Waals surface area contributed by atoms with E-state index in [4.69, 9.17) is 4.74 Å². The van der Waals surface area contributed by atoms with Crippen LogP contribution in [0.1, 0.15) is 24.5 Å². The summed E-state index contributed by atoms with van der Waals surface area (Å²) in [6.45, 7) is 2.67. The second kappa shape index (κ2) is 5.29. The molecule has 2 aromatic carbocycles. The summed E-state index contributed by atoms with van der Waals surface area (Å²) in [5.74, 6) is 1.28. The zero-order chi connectivity index (χ0) is 14.0.